The molecule has 4 heteroatoms. The van der Waals surface area contributed by atoms with E-state index < -0.39 is 0 Å². The van der Waals surface area contributed by atoms with Gasteiger partial charge in [0.15, 0.2) is 0 Å². The van der Waals surface area contributed by atoms with Crippen LogP contribution in [0.5, 0.6) is 0 Å². The molecule has 3 nitrogen and oxygen atoms in total. The molecule has 0 spiro atoms. The number of halogens is 1. The summed E-state index contributed by atoms with van der Waals surface area (Å²) in [6.45, 7) is -0.0992. The maximum Gasteiger partial charge on any atom is 0.220 e. The molecule has 1 aliphatic rings. The van der Waals surface area contributed by atoms with Crippen LogP contribution in [0.15, 0.2) is 24.3 Å². The van der Waals surface area contributed by atoms with Gasteiger partial charge in [0.25, 0.3) is 0 Å². The maximum absolute atomic E-state index is 12.0. The van der Waals surface area contributed by atoms with Crippen LogP contribution >= 0.6 is 11.6 Å². The van der Waals surface area contributed by atoms with E-state index in [1.54, 1.807) is 12.1 Å². The lowest BCUT2D eigenvalue weighted by molar-refractivity contribution is -0.123. The summed E-state index contributed by atoms with van der Waals surface area (Å²) in [6.07, 6.45) is 5.34. The molecule has 19 heavy (non-hydrogen) atoms. The van der Waals surface area contributed by atoms with Crippen molar-refractivity contribution >= 4 is 17.5 Å². The second kappa shape index (κ2) is 6.92. The Morgan fingerprint density at radius 3 is 2.53 bits per heavy atom. The van der Waals surface area contributed by atoms with Crippen molar-refractivity contribution in [1.29, 1.82) is 0 Å². The van der Waals surface area contributed by atoms with Gasteiger partial charge in [0.1, 0.15) is 0 Å². The molecule has 1 amide bonds. The third-order valence-corrected chi connectivity index (χ3v) is 3.99. The van der Waals surface area contributed by atoms with Crippen molar-refractivity contribution in [3.63, 3.8) is 0 Å². The fourth-order valence-electron chi connectivity index (χ4n) is 2.66. The van der Waals surface area contributed by atoms with Crippen molar-refractivity contribution < 1.29 is 9.90 Å². The Morgan fingerprint density at radius 1 is 1.32 bits per heavy atom. The zero-order chi connectivity index (χ0) is 13.7. The van der Waals surface area contributed by atoms with E-state index in [1.165, 1.54) is 12.8 Å². The molecule has 1 atom stereocenters. The highest BCUT2D eigenvalue weighted by molar-refractivity contribution is 6.30. The van der Waals surface area contributed by atoms with Gasteiger partial charge < -0.3 is 10.4 Å². The van der Waals surface area contributed by atoms with Crippen molar-refractivity contribution in [1.82, 2.24) is 5.32 Å². The minimum absolute atomic E-state index is 0.0286. The number of hydrogen-bond acceptors (Lipinski definition) is 2. The summed E-state index contributed by atoms with van der Waals surface area (Å²) in [5.41, 5.74) is 0.881. The van der Waals surface area contributed by atoms with Gasteiger partial charge in [-0.15, -0.1) is 0 Å². The summed E-state index contributed by atoms with van der Waals surface area (Å²) in [7, 11) is 0. The van der Waals surface area contributed by atoms with Crippen molar-refractivity contribution in [2.24, 2.45) is 5.92 Å². The Hall–Kier alpha value is -1.06. The molecule has 1 fully saturated rings. The summed E-state index contributed by atoms with van der Waals surface area (Å²) in [5.74, 6) is 0.547. The zero-order valence-electron chi connectivity index (χ0n) is 10.9. The Kier molecular flexibility index (Phi) is 5.23. The van der Waals surface area contributed by atoms with Gasteiger partial charge in [-0.3, -0.25) is 4.79 Å². The second-order valence-corrected chi connectivity index (χ2v) is 5.65. The molecule has 0 bridgehead atoms. The quantitative estimate of drug-likeness (QED) is 0.871. The first kappa shape index (κ1) is 14.4. The summed E-state index contributed by atoms with van der Waals surface area (Å²) >= 11 is 5.83. The van der Waals surface area contributed by atoms with Crippen LogP contribution in [0.2, 0.25) is 5.02 Å². The molecule has 1 unspecified atom stereocenters. The van der Waals surface area contributed by atoms with Crippen molar-refractivity contribution in [3.05, 3.63) is 34.9 Å². The monoisotopic (exact) mass is 281 g/mol. The van der Waals surface area contributed by atoms with Crippen molar-refractivity contribution in [2.45, 2.75) is 38.1 Å². The van der Waals surface area contributed by atoms with E-state index in [0.717, 1.165) is 18.4 Å². The molecule has 1 aromatic carbocycles. The van der Waals surface area contributed by atoms with Gasteiger partial charge in [0, 0.05) is 11.4 Å². The molecule has 1 aliphatic carbocycles. The molecule has 1 aromatic rings. The lowest BCUT2D eigenvalue weighted by Crippen LogP contribution is -2.31. The highest BCUT2D eigenvalue weighted by atomic mass is 35.5. The first-order chi connectivity index (χ1) is 9.19. The van der Waals surface area contributed by atoms with E-state index in [2.05, 4.69) is 5.32 Å². The molecule has 0 saturated heterocycles. The summed E-state index contributed by atoms with van der Waals surface area (Å²) in [5, 5.41) is 13.0. The third-order valence-electron chi connectivity index (χ3n) is 3.74. The van der Waals surface area contributed by atoms with Crippen molar-refractivity contribution in [2.75, 3.05) is 6.61 Å². The Bertz CT molecular complexity index is 413. The topological polar surface area (TPSA) is 49.3 Å². The van der Waals surface area contributed by atoms with Crippen LogP contribution in [-0.4, -0.2) is 17.6 Å². The molecule has 0 aromatic heterocycles. The summed E-state index contributed by atoms with van der Waals surface area (Å²) < 4.78 is 0. The number of benzene rings is 1. The average Bonchev–Trinajstić information content (AvgIpc) is 2.90. The van der Waals surface area contributed by atoms with Gasteiger partial charge in [-0.1, -0.05) is 36.6 Å². The normalized spacial score (nSPS) is 17.4. The molecule has 0 heterocycles. The lowest BCUT2D eigenvalue weighted by Gasteiger charge is -2.18. The highest BCUT2D eigenvalue weighted by Gasteiger charge is 2.20. The average molecular weight is 282 g/mol. The molecular formula is C15H20ClNO2. The van der Waals surface area contributed by atoms with Crippen LogP contribution in [0.25, 0.3) is 0 Å². The van der Waals surface area contributed by atoms with Crippen molar-refractivity contribution in [3.8, 4) is 0 Å². The van der Waals surface area contributed by atoms with Gasteiger partial charge in [0.2, 0.25) is 5.91 Å². The zero-order valence-corrected chi connectivity index (χ0v) is 11.7. The lowest BCUT2D eigenvalue weighted by atomic mass is 10.0. The van der Waals surface area contributed by atoms with E-state index in [1.807, 2.05) is 12.1 Å². The van der Waals surface area contributed by atoms with E-state index in [-0.39, 0.29) is 18.6 Å². The van der Waals surface area contributed by atoms with Crippen LogP contribution in [0.4, 0.5) is 0 Å². The number of aliphatic hydroxyl groups is 1. The first-order valence-corrected chi connectivity index (χ1v) is 7.22. The number of nitrogens with one attached hydrogen (secondary N) is 1. The fraction of sp³-hybridized carbons (Fsp3) is 0.533. The third kappa shape index (κ3) is 4.22. The molecule has 1 saturated carbocycles. The number of amides is 1. The van der Waals surface area contributed by atoms with Gasteiger partial charge in [-0.25, -0.2) is 0 Å². The largest absolute Gasteiger partial charge is 0.394 e. The number of carbonyl (C=O) groups excluding carboxylic acids is 1. The van der Waals surface area contributed by atoms with Crippen LogP contribution in [0, 0.1) is 5.92 Å². The minimum Gasteiger partial charge on any atom is -0.394 e. The summed E-state index contributed by atoms with van der Waals surface area (Å²) in [6, 6.07) is 6.86. The Balaban J connectivity index is 1.90. The number of aliphatic hydroxyl groups excluding tert-OH is 1. The van der Waals surface area contributed by atoms with Gasteiger partial charge in [-0.05, 0) is 36.5 Å². The smallest absolute Gasteiger partial charge is 0.220 e. The Labute approximate surface area is 119 Å². The molecule has 104 valence electrons. The first-order valence-electron chi connectivity index (χ1n) is 6.84. The van der Waals surface area contributed by atoms with E-state index in [9.17, 15) is 9.90 Å². The van der Waals surface area contributed by atoms with Crippen LogP contribution < -0.4 is 5.32 Å². The molecule has 2 rings (SSSR count). The molecule has 0 aliphatic heterocycles. The fourth-order valence-corrected chi connectivity index (χ4v) is 2.79. The maximum atomic E-state index is 12.0. The standard InChI is InChI=1S/C15H20ClNO2/c16-13-7-5-12(6-8-13)14(10-18)17-15(19)9-11-3-1-2-4-11/h5-8,11,14,18H,1-4,9-10H2,(H,17,19). The number of hydrogen-bond donors (Lipinski definition) is 2. The van der Waals surface area contributed by atoms with E-state index >= 15 is 0 Å². The van der Waals surface area contributed by atoms with Crippen LogP contribution in [0.1, 0.15) is 43.7 Å². The highest BCUT2D eigenvalue weighted by Crippen LogP contribution is 2.27. The van der Waals surface area contributed by atoms with Gasteiger partial charge >= 0.3 is 0 Å². The van der Waals surface area contributed by atoms with Gasteiger partial charge in [0.05, 0.1) is 12.6 Å². The SMILES string of the molecule is O=C(CC1CCCC1)NC(CO)c1ccc(Cl)cc1. The van der Waals surface area contributed by atoms with E-state index in [4.69, 9.17) is 11.6 Å². The predicted molar refractivity (Wildman–Crippen MR) is 76.0 cm³/mol. The predicted octanol–water partition coefficient (Wildman–Crippen LogP) is 3.07. The summed E-state index contributed by atoms with van der Waals surface area (Å²) in [4.78, 5) is 12.0. The van der Waals surface area contributed by atoms with E-state index in [0.29, 0.717) is 17.4 Å². The van der Waals surface area contributed by atoms with Gasteiger partial charge in [-0.2, -0.15) is 0 Å². The molecule has 0 radical (unpaired) electrons. The number of rotatable bonds is 5. The molecular weight excluding hydrogens is 262 g/mol. The van der Waals surface area contributed by atoms with Crippen LogP contribution in [-0.2, 0) is 4.79 Å². The molecule has 2 N–H and O–H groups in total. The minimum atomic E-state index is -0.342. The Morgan fingerprint density at radius 2 is 1.95 bits per heavy atom. The van der Waals surface area contributed by atoms with Crippen LogP contribution in [0.3, 0.4) is 0 Å². The number of carbonyl (C=O) groups is 1. The second-order valence-electron chi connectivity index (χ2n) is 5.21.